The molecule has 0 aliphatic rings. The number of rotatable bonds is 5. The monoisotopic (exact) mass is 317 g/mol. The van der Waals surface area contributed by atoms with Crippen LogP contribution in [0.5, 0.6) is 0 Å². The van der Waals surface area contributed by atoms with Gasteiger partial charge in [0.05, 0.1) is 23.4 Å². The van der Waals surface area contributed by atoms with E-state index in [1.165, 1.54) is 5.56 Å². The maximum absolute atomic E-state index is 4.67. The van der Waals surface area contributed by atoms with Gasteiger partial charge < -0.3 is 4.57 Å². The normalized spacial score (nSPS) is 12.5. The fourth-order valence-corrected chi connectivity index (χ4v) is 2.93. The molecular formula is C19H19N5. The summed E-state index contributed by atoms with van der Waals surface area (Å²) in [7, 11) is 0. The minimum absolute atomic E-state index is 0.0409. The van der Waals surface area contributed by atoms with Gasteiger partial charge in [0.2, 0.25) is 0 Å². The molecule has 2 aromatic carbocycles. The van der Waals surface area contributed by atoms with E-state index in [4.69, 9.17) is 0 Å². The topological polar surface area (TPSA) is 59.4 Å². The number of aromatic nitrogens is 5. The summed E-state index contributed by atoms with van der Waals surface area (Å²) in [6.45, 7) is 2.10. The van der Waals surface area contributed by atoms with Crippen molar-refractivity contribution in [2.24, 2.45) is 0 Å². The third-order valence-corrected chi connectivity index (χ3v) is 4.31. The Balaban J connectivity index is 1.52. The third kappa shape index (κ3) is 2.80. The van der Waals surface area contributed by atoms with Crippen LogP contribution in [0.15, 0.2) is 60.9 Å². The summed E-state index contributed by atoms with van der Waals surface area (Å²) in [5, 5.41) is 7.48. The minimum Gasteiger partial charge on any atom is -0.320 e. The number of hydrogen-bond donors (Lipinski definition) is 1. The summed E-state index contributed by atoms with van der Waals surface area (Å²) in [5.74, 6) is 1.71. The largest absolute Gasteiger partial charge is 0.320 e. The van der Waals surface area contributed by atoms with E-state index in [2.05, 4.69) is 62.0 Å². The van der Waals surface area contributed by atoms with Gasteiger partial charge in [-0.2, -0.15) is 5.10 Å². The highest BCUT2D eigenvalue weighted by molar-refractivity contribution is 5.75. The molecule has 4 rings (SSSR count). The van der Waals surface area contributed by atoms with Crippen molar-refractivity contribution in [3.05, 3.63) is 78.1 Å². The Kier molecular flexibility index (Phi) is 3.83. The maximum atomic E-state index is 4.67. The second-order valence-corrected chi connectivity index (χ2v) is 5.94. The minimum atomic E-state index is 0.0409. The van der Waals surface area contributed by atoms with Crippen LogP contribution in [0.1, 0.15) is 30.2 Å². The highest BCUT2D eigenvalue weighted by Crippen LogP contribution is 2.21. The van der Waals surface area contributed by atoms with E-state index in [-0.39, 0.29) is 6.04 Å². The standard InChI is InChI=1S/C19H19N5/c1-14(24-13-20-16-9-5-6-10-17(16)24)19-21-18(22-23-19)12-11-15-7-3-2-4-8-15/h2-10,13-14H,11-12H2,1H3,(H,21,22,23). The number of nitrogens with zero attached hydrogens (tertiary/aromatic N) is 4. The number of H-pyrrole nitrogens is 1. The van der Waals surface area contributed by atoms with Gasteiger partial charge in [-0.25, -0.2) is 9.97 Å². The third-order valence-electron chi connectivity index (χ3n) is 4.31. The van der Waals surface area contributed by atoms with Crippen LogP contribution < -0.4 is 0 Å². The summed E-state index contributed by atoms with van der Waals surface area (Å²) < 4.78 is 2.11. The number of benzene rings is 2. The van der Waals surface area contributed by atoms with Gasteiger partial charge in [-0.3, -0.25) is 5.10 Å². The van der Waals surface area contributed by atoms with Crippen molar-refractivity contribution in [2.45, 2.75) is 25.8 Å². The van der Waals surface area contributed by atoms with E-state index < -0.39 is 0 Å². The number of nitrogens with one attached hydrogen (secondary N) is 1. The predicted molar refractivity (Wildman–Crippen MR) is 93.8 cm³/mol. The van der Waals surface area contributed by atoms with Crippen molar-refractivity contribution in [3.63, 3.8) is 0 Å². The van der Waals surface area contributed by atoms with Gasteiger partial charge >= 0.3 is 0 Å². The van der Waals surface area contributed by atoms with Gasteiger partial charge in [0.25, 0.3) is 0 Å². The lowest BCUT2D eigenvalue weighted by molar-refractivity contribution is 0.617. The highest BCUT2D eigenvalue weighted by Gasteiger charge is 2.15. The van der Waals surface area contributed by atoms with Gasteiger partial charge in [0.15, 0.2) is 5.82 Å². The van der Waals surface area contributed by atoms with Crippen LogP contribution in [0.4, 0.5) is 0 Å². The Bertz CT molecular complexity index is 938. The lowest BCUT2D eigenvalue weighted by atomic mass is 10.1. The van der Waals surface area contributed by atoms with Gasteiger partial charge in [-0.1, -0.05) is 42.5 Å². The Morgan fingerprint density at radius 2 is 1.79 bits per heavy atom. The SMILES string of the molecule is CC(c1n[nH]c(CCc2ccccc2)n1)n1cnc2ccccc21. The summed E-state index contributed by atoms with van der Waals surface area (Å²) >= 11 is 0. The van der Waals surface area contributed by atoms with Crippen LogP contribution in [0, 0.1) is 0 Å². The molecule has 5 heteroatoms. The van der Waals surface area contributed by atoms with E-state index in [1.807, 2.05) is 30.6 Å². The van der Waals surface area contributed by atoms with Crippen molar-refractivity contribution >= 4 is 11.0 Å². The first-order valence-electron chi connectivity index (χ1n) is 8.18. The van der Waals surface area contributed by atoms with Crippen LogP contribution in [0.25, 0.3) is 11.0 Å². The molecule has 1 N–H and O–H groups in total. The highest BCUT2D eigenvalue weighted by atomic mass is 15.2. The molecule has 120 valence electrons. The first kappa shape index (κ1) is 14.6. The van der Waals surface area contributed by atoms with Crippen LogP contribution in [0.3, 0.4) is 0 Å². The molecular weight excluding hydrogens is 298 g/mol. The number of hydrogen-bond acceptors (Lipinski definition) is 3. The summed E-state index contributed by atoms with van der Waals surface area (Å²) in [6.07, 6.45) is 3.67. The zero-order valence-electron chi connectivity index (χ0n) is 13.6. The average Bonchev–Trinajstić information content (AvgIpc) is 3.27. The maximum Gasteiger partial charge on any atom is 0.173 e. The Morgan fingerprint density at radius 3 is 2.67 bits per heavy atom. The molecule has 0 saturated carbocycles. The molecule has 0 aliphatic heterocycles. The zero-order valence-corrected chi connectivity index (χ0v) is 13.6. The second kappa shape index (κ2) is 6.28. The average molecular weight is 317 g/mol. The molecule has 24 heavy (non-hydrogen) atoms. The molecule has 0 bridgehead atoms. The molecule has 5 nitrogen and oxygen atoms in total. The molecule has 0 aliphatic carbocycles. The molecule has 0 saturated heterocycles. The van der Waals surface area contributed by atoms with Crippen LogP contribution >= 0.6 is 0 Å². The Labute approximate surface area is 140 Å². The summed E-state index contributed by atoms with van der Waals surface area (Å²) in [6, 6.07) is 18.6. The van der Waals surface area contributed by atoms with E-state index in [0.29, 0.717) is 0 Å². The van der Waals surface area contributed by atoms with Gasteiger partial charge in [-0.15, -0.1) is 0 Å². The predicted octanol–water partition coefficient (Wildman–Crippen LogP) is 3.55. The van der Waals surface area contributed by atoms with Crippen LogP contribution in [0.2, 0.25) is 0 Å². The molecule has 0 amide bonds. The summed E-state index contributed by atoms with van der Waals surface area (Å²) in [5.41, 5.74) is 3.40. The second-order valence-electron chi connectivity index (χ2n) is 5.94. The van der Waals surface area contributed by atoms with Gasteiger partial charge in [0.1, 0.15) is 5.82 Å². The van der Waals surface area contributed by atoms with Crippen molar-refractivity contribution in [3.8, 4) is 0 Å². The van der Waals surface area contributed by atoms with Gasteiger partial charge in [-0.05, 0) is 31.0 Å². The van der Waals surface area contributed by atoms with E-state index in [9.17, 15) is 0 Å². The Morgan fingerprint density at radius 1 is 1.00 bits per heavy atom. The number of aromatic amines is 1. The Hall–Kier alpha value is -2.95. The first-order chi connectivity index (χ1) is 11.8. The van der Waals surface area contributed by atoms with Gasteiger partial charge in [0, 0.05) is 6.42 Å². The smallest absolute Gasteiger partial charge is 0.173 e. The fraction of sp³-hybridized carbons (Fsp3) is 0.211. The molecule has 4 aromatic rings. The van der Waals surface area contributed by atoms with E-state index in [0.717, 1.165) is 35.5 Å². The molecule has 2 heterocycles. The lowest BCUT2D eigenvalue weighted by Crippen LogP contribution is -2.07. The zero-order chi connectivity index (χ0) is 16.4. The molecule has 2 aromatic heterocycles. The molecule has 0 fully saturated rings. The molecule has 0 spiro atoms. The van der Waals surface area contributed by atoms with Crippen molar-refractivity contribution in [2.75, 3.05) is 0 Å². The molecule has 0 radical (unpaired) electrons. The molecule has 1 unspecified atom stereocenters. The van der Waals surface area contributed by atoms with Crippen molar-refractivity contribution < 1.29 is 0 Å². The molecule has 1 atom stereocenters. The van der Waals surface area contributed by atoms with Crippen LogP contribution in [-0.4, -0.2) is 24.7 Å². The number of para-hydroxylation sites is 2. The first-order valence-corrected chi connectivity index (χ1v) is 8.18. The lowest BCUT2D eigenvalue weighted by Gasteiger charge is -2.10. The van der Waals surface area contributed by atoms with E-state index in [1.54, 1.807) is 0 Å². The van der Waals surface area contributed by atoms with E-state index >= 15 is 0 Å². The number of aryl methyl sites for hydroxylation is 2. The van der Waals surface area contributed by atoms with Crippen LogP contribution in [-0.2, 0) is 12.8 Å². The fourth-order valence-electron chi connectivity index (χ4n) is 2.93. The number of fused-ring (bicyclic) bond motifs is 1. The van der Waals surface area contributed by atoms with Crippen molar-refractivity contribution in [1.29, 1.82) is 0 Å². The van der Waals surface area contributed by atoms with Crippen molar-refractivity contribution in [1.82, 2.24) is 24.7 Å². The number of imidazole rings is 1. The quantitative estimate of drug-likeness (QED) is 0.612. The summed E-state index contributed by atoms with van der Waals surface area (Å²) in [4.78, 5) is 9.12.